The van der Waals surface area contributed by atoms with Crippen molar-refractivity contribution in [2.24, 2.45) is 0 Å². The molecule has 2 N–H and O–H groups in total. The lowest BCUT2D eigenvalue weighted by atomic mass is 10.2. The topological polar surface area (TPSA) is 81.8 Å². The van der Waals surface area contributed by atoms with E-state index in [9.17, 15) is 14.4 Å². The molecule has 7 heteroatoms. The molecule has 1 atom stereocenters. The van der Waals surface area contributed by atoms with Crippen LogP contribution in [0.2, 0.25) is 0 Å². The van der Waals surface area contributed by atoms with Crippen LogP contribution in [0, 0.1) is 0 Å². The maximum absolute atomic E-state index is 12.0. The first kappa shape index (κ1) is 16.4. The lowest BCUT2D eigenvalue weighted by Gasteiger charge is -2.25. The van der Waals surface area contributed by atoms with E-state index in [1.807, 2.05) is 4.90 Å². The van der Waals surface area contributed by atoms with Crippen LogP contribution in [0.4, 0.5) is 4.79 Å². The summed E-state index contributed by atoms with van der Waals surface area (Å²) < 4.78 is 0. The second-order valence-electron chi connectivity index (χ2n) is 5.03. The number of imide groups is 1. The van der Waals surface area contributed by atoms with Crippen molar-refractivity contribution in [3.8, 4) is 0 Å². The highest BCUT2D eigenvalue weighted by Crippen LogP contribution is 2.08. The van der Waals surface area contributed by atoms with Gasteiger partial charge in [0, 0.05) is 19.6 Å². The summed E-state index contributed by atoms with van der Waals surface area (Å²) in [5.74, 6) is -0.379. The number of likely N-dealkylation sites (tertiary alicyclic amines) is 1. The summed E-state index contributed by atoms with van der Waals surface area (Å²) in [4.78, 5) is 38.5. The third-order valence-corrected chi connectivity index (χ3v) is 3.46. The van der Waals surface area contributed by atoms with Gasteiger partial charge in [-0.15, -0.1) is 0 Å². The van der Waals surface area contributed by atoms with Gasteiger partial charge in [-0.3, -0.25) is 19.8 Å². The third-order valence-electron chi connectivity index (χ3n) is 3.46. The van der Waals surface area contributed by atoms with E-state index < -0.39 is 18.0 Å². The number of nitrogens with zero attached hydrogens (tertiary/aromatic N) is 2. The lowest BCUT2D eigenvalue weighted by molar-refractivity contribution is -0.132. The maximum Gasteiger partial charge on any atom is 0.321 e. The predicted octanol–water partition coefficient (Wildman–Crippen LogP) is -0.225. The Morgan fingerprint density at radius 3 is 2.40 bits per heavy atom. The third kappa shape index (κ3) is 4.80. The summed E-state index contributed by atoms with van der Waals surface area (Å²) in [6.07, 6.45) is 2.09. The molecular formula is C13H24N4O3. The van der Waals surface area contributed by atoms with Crippen LogP contribution in [0.25, 0.3) is 0 Å². The molecule has 1 heterocycles. The first-order chi connectivity index (χ1) is 9.45. The standard InChI is InChI=1S/C13H24N4O3/c1-4-14-13(20)15-12(19)10(2)16(3)9-11(18)17-7-5-6-8-17/h10H,4-9H2,1-3H3,(H2,14,15,19,20). The minimum atomic E-state index is -0.538. The van der Waals surface area contributed by atoms with E-state index in [-0.39, 0.29) is 12.5 Å². The van der Waals surface area contributed by atoms with Gasteiger partial charge in [0.05, 0.1) is 12.6 Å². The normalized spacial score (nSPS) is 16.1. The molecule has 1 aliphatic rings. The van der Waals surface area contributed by atoms with Crippen LogP contribution < -0.4 is 10.6 Å². The second kappa shape index (κ2) is 7.84. The van der Waals surface area contributed by atoms with Gasteiger partial charge in [-0.25, -0.2) is 4.79 Å². The Morgan fingerprint density at radius 1 is 1.25 bits per heavy atom. The molecule has 0 aromatic carbocycles. The fourth-order valence-corrected chi connectivity index (χ4v) is 2.04. The Labute approximate surface area is 119 Å². The van der Waals surface area contributed by atoms with Crippen LogP contribution in [-0.4, -0.2) is 66.9 Å². The average Bonchev–Trinajstić information content (AvgIpc) is 2.91. The number of rotatable bonds is 5. The second-order valence-corrected chi connectivity index (χ2v) is 5.03. The molecule has 20 heavy (non-hydrogen) atoms. The summed E-state index contributed by atoms with van der Waals surface area (Å²) in [5.41, 5.74) is 0. The van der Waals surface area contributed by atoms with Crippen LogP contribution in [0.3, 0.4) is 0 Å². The SMILES string of the molecule is CCNC(=O)NC(=O)C(C)N(C)CC(=O)N1CCCC1. The van der Waals surface area contributed by atoms with Gasteiger partial charge in [-0.2, -0.15) is 0 Å². The quantitative estimate of drug-likeness (QED) is 0.731. The number of likely N-dealkylation sites (N-methyl/N-ethyl adjacent to an activating group) is 1. The zero-order valence-electron chi connectivity index (χ0n) is 12.4. The van der Waals surface area contributed by atoms with E-state index >= 15 is 0 Å². The molecule has 7 nitrogen and oxygen atoms in total. The molecule has 0 aromatic heterocycles. The van der Waals surface area contributed by atoms with E-state index in [1.165, 1.54) is 0 Å². The smallest absolute Gasteiger partial charge is 0.321 e. The Hall–Kier alpha value is -1.63. The van der Waals surface area contributed by atoms with Gasteiger partial charge in [0.2, 0.25) is 11.8 Å². The van der Waals surface area contributed by atoms with E-state index in [4.69, 9.17) is 0 Å². The number of nitrogens with one attached hydrogen (secondary N) is 2. The van der Waals surface area contributed by atoms with Gasteiger partial charge in [-0.1, -0.05) is 0 Å². The highest BCUT2D eigenvalue weighted by Gasteiger charge is 2.24. The highest BCUT2D eigenvalue weighted by molar-refractivity contribution is 5.97. The minimum absolute atomic E-state index is 0.0302. The van der Waals surface area contributed by atoms with Crippen molar-refractivity contribution < 1.29 is 14.4 Å². The fourth-order valence-electron chi connectivity index (χ4n) is 2.04. The van der Waals surface area contributed by atoms with Gasteiger partial charge >= 0.3 is 6.03 Å². The van der Waals surface area contributed by atoms with E-state index in [0.29, 0.717) is 6.54 Å². The van der Waals surface area contributed by atoms with Gasteiger partial charge in [0.1, 0.15) is 0 Å². The highest BCUT2D eigenvalue weighted by atomic mass is 16.2. The largest absolute Gasteiger partial charge is 0.342 e. The fraction of sp³-hybridized carbons (Fsp3) is 0.769. The number of hydrogen-bond donors (Lipinski definition) is 2. The molecule has 0 radical (unpaired) electrons. The Balaban J connectivity index is 2.40. The molecule has 0 aliphatic carbocycles. The zero-order chi connectivity index (χ0) is 15.1. The lowest BCUT2D eigenvalue weighted by Crippen LogP contribution is -2.50. The van der Waals surface area contributed by atoms with Crippen molar-refractivity contribution in [1.29, 1.82) is 0 Å². The van der Waals surface area contributed by atoms with Crippen LogP contribution in [0.5, 0.6) is 0 Å². The summed E-state index contributed by atoms with van der Waals surface area (Å²) in [5, 5.41) is 4.74. The number of carbonyl (C=O) groups excluding carboxylic acids is 3. The molecule has 1 saturated heterocycles. The Kier molecular flexibility index (Phi) is 6.44. The van der Waals surface area contributed by atoms with E-state index in [0.717, 1.165) is 25.9 Å². The summed E-state index contributed by atoms with van der Waals surface area (Å²) >= 11 is 0. The predicted molar refractivity (Wildman–Crippen MR) is 75.1 cm³/mol. The first-order valence-corrected chi connectivity index (χ1v) is 7.02. The maximum atomic E-state index is 12.0. The molecule has 0 spiro atoms. The zero-order valence-corrected chi connectivity index (χ0v) is 12.4. The Morgan fingerprint density at radius 2 is 1.85 bits per heavy atom. The Bertz CT molecular complexity index is 367. The molecule has 1 rings (SSSR count). The van der Waals surface area contributed by atoms with Gasteiger partial charge in [0.15, 0.2) is 0 Å². The number of carbonyl (C=O) groups is 3. The molecule has 1 fully saturated rings. The van der Waals surface area contributed by atoms with Crippen LogP contribution in [-0.2, 0) is 9.59 Å². The van der Waals surface area contributed by atoms with Gasteiger partial charge < -0.3 is 10.2 Å². The molecule has 0 aromatic rings. The molecular weight excluding hydrogens is 260 g/mol. The first-order valence-electron chi connectivity index (χ1n) is 7.02. The number of hydrogen-bond acceptors (Lipinski definition) is 4. The van der Waals surface area contributed by atoms with Crippen LogP contribution in [0.15, 0.2) is 0 Å². The molecule has 0 saturated carbocycles. The summed E-state index contributed by atoms with van der Waals surface area (Å²) in [6.45, 7) is 5.68. The molecule has 4 amide bonds. The van der Waals surface area contributed by atoms with Crippen molar-refractivity contribution >= 4 is 17.8 Å². The molecule has 1 unspecified atom stereocenters. The molecule has 1 aliphatic heterocycles. The summed E-state index contributed by atoms with van der Waals surface area (Å²) in [7, 11) is 1.70. The van der Waals surface area contributed by atoms with Gasteiger partial charge in [-0.05, 0) is 33.7 Å². The van der Waals surface area contributed by atoms with Crippen molar-refractivity contribution in [2.75, 3.05) is 33.2 Å². The van der Waals surface area contributed by atoms with Crippen molar-refractivity contribution in [3.05, 3.63) is 0 Å². The number of urea groups is 1. The summed E-state index contributed by atoms with van der Waals surface area (Å²) in [6, 6.07) is -1.05. The van der Waals surface area contributed by atoms with Crippen molar-refractivity contribution in [1.82, 2.24) is 20.4 Å². The average molecular weight is 284 g/mol. The number of amides is 4. The van der Waals surface area contributed by atoms with E-state index in [1.54, 1.807) is 25.8 Å². The molecule has 0 bridgehead atoms. The minimum Gasteiger partial charge on any atom is -0.342 e. The van der Waals surface area contributed by atoms with Gasteiger partial charge in [0.25, 0.3) is 0 Å². The van der Waals surface area contributed by atoms with Crippen molar-refractivity contribution in [2.45, 2.75) is 32.7 Å². The monoisotopic (exact) mass is 284 g/mol. The van der Waals surface area contributed by atoms with E-state index in [2.05, 4.69) is 10.6 Å². The van der Waals surface area contributed by atoms with Crippen molar-refractivity contribution in [3.63, 3.8) is 0 Å². The molecule has 114 valence electrons. The van der Waals surface area contributed by atoms with Crippen LogP contribution >= 0.6 is 0 Å². The van der Waals surface area contributed by atoms with Crippen LogP contribution in [0.1, 0.15) is 26.7 Å².